The van der Waals surface area contributed by atoms with Crippen molar-refractivity contribution in [3.8, 4) is 11.5 Å². The third-order valence-electron chi connectivity index (χ3n) is 3.93. The zero-order valence-electron chi connectivity index (χ0n) is 12.3. The van der Waals surface area contributed by atoms with Crippen LogP contribution in [0, 0.1) is 0 Å². The quantitative estimate of drug-likeness (QED) is 0.833. The minimum atomic E-state index is -0.261. The predicted octanol–water partition coefficient (Wildman–Crippen LogP) is 1.86. The third-order valence-corrected chi connectivity index (χ3v) is 3.93. The van der Waals surface area contributed by atoms with E-state index in [9.17, 15) is 5.11 Å². The Morgan fingerprint density at radius 1 is 1.45 bits per heavy atom. The molecule has 0 amide bonds. The number of benzene rings is 1. The maximum absolute atomic E-state index is 9.96. The molecular formula is C15H23NO4. The number of ether oxygens (including phenoxy) is 3. The predicted molar refractivity (Wildman–Crippen MR) is 76.3 cm³/mol. The Labute approximate surface area is 119 Å². The lowest BCUT2D eigenvalue weighted by atomic mass is 10.0. The Morgan fingerprint density at radius 3 is 2.85 bits per heavy atom. The van der Waals surface area contributed by atoms with Gasteiger partial charge in [-0.1, -0.05) is 0 Å². The maximum Gasteiger partial charge on any atom is 0.120 e. The molecule has 1 aliphatic heterocycles. The molecule has 0 saturated carbocycles. The fourth-order valence-electron chi connectivity index (χ4n) is 2.42. The van der Waals surface area contributed by atoms with Gasteiger partial charge in [0.25, 0.3) is 0 Å². The summed E-state index contributed by atoms with van der Waals surface area (Å²) in [6.45, 7) is 4.02. The van der Waals surface area contributed by atoms with E-state index in [4.69, 9.17) is 14.2 Å². The molecule has 5 heteroatoms. The fourth-order valence-corrected chi connectivity index (χ4v) is 2.42. The molecule has 1 aliphatic rings. The van der Waals surface area contributed by atoms with Gasteiger partial charge >= 0.3 is 0 Å². The first kappa shape index (κ1) is 15.1. The van der Waals surface area contributed by atoms with Crippen molar-refractivity contribution in [2.24, 2.45) is 0 Å². The van der Waals surface area contributed by atoms with Crippen LogP contribution in [-0.2, 0) is 9.47 Å². The molecule has 20 heavy (non-hydrogen) atoms. The van der Waals surface area contributed by atoms with Crippen molar-refractivity contribution in [1.29, 1.82) is 0 Å². The van der Waals surface area contributed by atoms with E-state index in [1.165, 1.54) is 0 Å². The smallest absolute Gasteiger partial charge is 0.120 e. The molecule has 5 nitrogen and oxygen atoms in total. The SMILES string of the molecule is COc1ccc(O)c(C(C)NCC2(OC)CCOC2)c1. The second-order valence-electron chi connectivity index (χ2n) is 5.22. The van der Waals surface area contributed by atoms with Gasteiger partial charge in [-0.05, 0) is 25.1 Å². The lowest BCUT2D eigenvalue weighted by molar-refractivity contribution is -0.0172. The second kappa shape index (κ2) is 6.43. The molecular weight excluding hydrogens is 258 g/mol. The van der Waals surface area contributed by atoms with Crippen LogP contribution in [0.3, 0.4) is 0 Å². The van der Waals surface area contributed by atoms with Gasteiger partial charge in [0, 0.05) is 38.3 Å². The standard InChI is InChI=1S/C15H23NO4/c1-11(13-8-12(18-2)4-5-14(13)17)16-9-15(19-3)6-7-20-10-15/h4-5,8,11,16-17H,6-7,9-10H2,1-3H3. The molecule has 1 aromatic carbocycles. The highest BCUT2D eigenvalue weighted by Gasteiger charge is 2.35. The number of phenols is 1. The second-order valence-corrected chi connectivity index (χ2v) is 5.22. The summed E-state index contributed by atoms with van der Waals surface area (Å²) < 4.78 is 16.2. The highest BCUT2D eigenvalue weighted by Crippen LogP contribution is 2.29. The van der Waals surface area contributed by atoms with Gasteiger partial charge < -0.3 is 24.6 Å². The Balaban J connectivity index is 2.02. The zero-order chi connectivity index (χ0) is 14.6. The lowest BCUT2D eigenvalue weighted by Crippen LogP contribution is -2.43. The summed E-state index contributed by atoms with van der Waals surface area (Å²) in [5.41, 5.74) is 0.553. The molecule has 0 aliphatic carbocycles. The zero-order valence-corrected chi connectivity index (χ0v) is 12.3. The number of phenolic OH excluding ortho intramolecular Hbond substituents is 1. The minimum Gasteiger partial charge on any atom is -0.508 e. The number of hydrogen-bond acceptors (Lipinski definition) is 5. The van der Waals surface area contributed by atoms with Gasteiger partial charge in [-0.25, -0.2) is 0 Å². The first-order valence-corrected chi connectivity index (χ1v) is 6.83. The van der Waals surface area contributed by atoms with Gasteiger partial charge in [-0.15, -0.1) is 0 Å². The van der Waals surface area contributed by atoms with Crippen molar-refractivity contribution < 1.29 is 19.3 Å². The lowest BCUT2D eigenvalue weighted by Gasteiger charge is -2.28. The van der Waals surface area contributed by atoms with Crippen LogP contribution in [0.5, 0.6) is 11.5 Å². The van der Waals surface area contributed by atoms with Gasteiger partial charge in [-0.3, -0.25) is 0 Å². The summed E-state index contributed by atoms with van der Waals surface area (Å²) in [5.74, 6) is 0.997. The van der Waals surface area contributed by atoms with E-state index >= 15 is 0 Å². The summed E-state index contributed by atoms with van der Waals surface area (Å²) in [5, 5.41) is 13.4. The maximum atomic E-state index is 9.96. The van der Waals surface area contributed by atoms with Crippen molar-refractivity contribution in [3.63, 3.8) is 0 Å². The highest BCUT2D eigenvalue weighted by molar-refractivity contribution is 5.41. The van der Waals surface area contributed by atoms with Crippen molar-refractivity contribution >= 4 is 0 Å². The number of rotatable bonds is 6. The van der Waals surface area contributed by atoms with Crippen molar-refractivity contribution in [1.82, 2.24) is 5.32 Å². The van der Waals surface area contributed by atoms with Crippen molar-refractivity contribution in [2.75, 3.05) is 34.0 Å². The summed E-state index contributed by atoms with van der Waals surface area (Å²) in [7, 11) is 3.33. The summed E-state index contributed by atoms with van der Waals surface area (Å²) in [6, 6.07) is 5.24. The van der Waals surface area contributed by atoms with E-state index < -0.39 is 0 Å². The summed E-state index contributed by atoms with van der Waals surface area (Å²) in [4.78, 5) is 0. The topological polar surface area (TPSA) is 60.0 Å². The largest absolute Gasteiger partial charge is 0.508 e. The molecule has 2 N–H and O–H groups in total. The molecule has 0 spiro atoms. The molecule has 1 heterocycles. The average Bonchev–Trinajstić information content (AvgIpc) is 2.95. The number of nitrogens with one attached hydrogen (secondary N) is 1. The molecule has 112 valence electrons. The molecule has 1 saturated heterocycles. The summed E-state index contributed by atoms with van der Waals surface area (Å²) >= 11 is 0. The normalized spacial score (nSPS) is 23.8. The molecule has 0 aromatic heterocycles. The Hall–Kier alpha value is -1.30. The van der Waals surface area contributed by atoms with E-state index in [0.29, 0.717) is 13.2 Å². The molecule has 2 atom stereocenters. The molecule has 0 bridgehead atoms. The average molecular weight is 281 g/mol. The van der Waals surface area contributed by atoms with Crippen LogP contribution in [0.2, 0.25) is 0 Å². The van der Waals surface area contributed by atoms with Gasteiger partial charge in [-0.2, -0.15) is 0 Å². The molecule has 2 unspecified atom stereocenters. The summed E-state index contributed by atoms with van der Waals surface area (Å²) in [6.07, 6.45) is 0.882. The fraction of sp³-hybridized carbons (Fsp3) is 0.600. The van der Waals surface area contributed by atoms with Crippen LogP contribution in [0.25, 0.3) is 0 Å². The van der Waals surface area contributed by atoms with Crippen LogP contribution < -0.4 is 10.1 Å². The van der Waals surface area contributed by atoms with E-state index in [-0.39, 0.29) is 17.4 Å². The van der Waals surface area contributed by atoms with E-state index in [0.717, 1.165) is 24.3 Å². The van der Waals surface area contributed by atoms with Crippen LogP contribution in [-0.4, -0.2) is 44.7 Å². The Kier molecular flexibility index (Phi) is 4.86. The van der Waals surface area contributed by atoms with Crippen LogP contribution >= 0.6 is 0 Å². The van der Waals surface area contributed by atoms with Gasteiger partial charge in [0.15, 0.2) is 0 Å². The molecule has 1 fully saturated rings. The number of hydrogen-bond donors (Lipinski definition) is 2. The van der Waals surface area contributed by atoms with E-state index in [2.05, 4.69) is 5.32 Å². The Bertz CT molecular complexity index is 443. The molecule has 2 rings (SSSR count). The molecule has 0 radical (unpaired) electrons. The van der Waals surface area contributed by atoms with Crippen molar-refractivity contribution in [3.05, 3.63) is 23.8 Å². The highest BCUT2D eigenvalue weighted by atomic mass is 16.5. The van der Waals surface area contributed by atoms with Gasteiger partial charge in [0.1, 0.15) is 17.1 Å². The van der Waals surface area contributed by atoms with Gasteiger partial charge in [0.2, 0.25) is 0 Å². The van der Waals surface area contributed by atoms with Crippen LogP contribution in [0.4, 0.5) is 0 Å². The van der Waals surface area contributed by atoms with Crippen LogP contribution in [0.15, 0.2) is 18.2 Å². The van der Waals surface area contributed by atoms with E-state index in [1.54, 1.807) is 26.4 Å². The number of aromatic hydroxyl groups is 1. The first-order valence-electron chi connectivity index (χ1n) is 6.83. The van der Waals surface area contributed by atoms with Gasteiger partial charge in [0.05, 0.1) is 13.7 Å². The number of methoxy groups -OCH3 is 2. The monoisotopic (exact) mass is 281 g/mol. The minimum absolute atomic E-state index is 0.00211. The Morgan fingerprint density at radius 2 is 2.25 bits per heavy atom. The molecule has 1 aromatic rings. The van der Waals surface area contributed by atoms with E-state index in [1.807, 2.05) is 13.0 Å². The first-order chi connectivity index (χ1) is 9.60. The van der Waals surface area contributed by atoms with Crippen LogP contribution in [0.1, 0.15) is 24.9 Å². The van der Waals surface area contributed by atoms with Crippen molar-refractivity contribution in [2.45, 2.75) is 25.0 Å². The third kappa shape index (κ3) is 3.23.